The topological polar surface area (TPSA) is 69.5 Å². The van der Waals surface area contributed by atoms with Crippen LogP contribution < -0.4 is 4.90 Å². The van der Waals surface area contributed by atoms with Gasteiger partial charge in [-0.2, -0.15) is 5.26 Å². The highest BCUT2D eigenvalue weighted by molar-refractivity contribution is 7.99. The lowest BCUT2D eigenvalue weighted by atomic mass is 9.99. The number of methoxy groups -OCH3 is 1. The number of likely N-dealkylation sites (N-methyl/N-ethyl adjacent to an activating group) is 1. The number of hydrogen-bond donors (Lipinski definition) is 0. The van der Waals surface area contributed by atoms with E-state index < -0.39 is 0 Å². The molecule has 0 unspecified atom stereocenters. The molecule has 0 saturated carbocycles. The van der Waals surface area contributed by atoms with E-state index in [2.05, 4.69) is 47.2 Å². The molecule has 1 aromatic heterocycles. The Morgan fingerprint density at radius 3 is 2.39 bits per heavy atom. The maximum Gasteiger partial charge on any atom is 0.316 e. The summed E-state index contributed by atoms with van der Waals surface area (Å²) in [5.41, 5.74) is 5.14. The molecule has 1 aliphatic rings. The molecule has 7 heteroatoms. The molecule has 0 bridgehead atoms. The minimum atomic E-state index is -0.353. The highest BCUT2D eigenvalue weighted by Gasteiger charge is 2.18. The molecule has 1 aliphatic heterocycles. The van der Waals surface area contributed by atoms with Crippen molar-refractivity contribution in [2.45, 2.75) is 5.03 Å². The Morgan fingerprint density at radius 1 is 1.06 bits per heavy atom. The second-order valence-electron chi connectivity index (χ2n) is 7.92. The number of benzene rings is 2. The Balaban J connectivity index is 1.71. The molecule has 33 heavy (non-hydrogen) atoms. The fraction of sp³-hybridized carbons (Fsp3) is 0.269. The largest absolute Gasteiger partial charge is 0.468 e. The third-order valence-electron chi connectivity index (χ3n) is 5.77. The molecule has 0 N–H and O–H groups in total. The third kappa shape index (κ3) is 5.36. The van der Waals surface area contributed by atoms with Crippen LogP contribution in [0.4, 0.5) is 5.69 Å². The van der Waals surface area contributed by atoms with E-state index in [4.69, 9.17) is 9.72 Å². The Kier molecular flexibility index (Phi) is 7.28. The quantitative estimate of drug-likeness (QED) is 0.403. The van der Waals surface area contributed by atoms with Crippen molar-refractivity contribution in [1.29, 1.82) is 5.26 Å². The summed E-state index contributed by atoms with van der Waals surface area (Å²) in [4.78, 5) is 21.2. The van der Waals surface area contributed by atoms with Crippen LogP contribution in [0, 0.1) is 11.3 Å². The first-order chi connectivity index (χ1) is 16.1. The Hall–Kier alpha value is -3.34. The van der Waals surface area contributed by atoms with E-state index in [1.54, 1.807) is 0 Å². The van der Waals surface area contributed by atoms with Gasteiger partial charge in [-0.15, -0.1) is 0 Å². The maximum absolute atomic E-state index is 11.7. The average Bonchev–Trinajstić information content (AvgIpc) is 2.87. The number of pyridine rings is 1. The van der Waals surface area contributed by atoms with Crippen LogP contribution in [0.5, 0.6) is 0 Å². The minimum Gasteiger partial charge on any atom is -0.468 e. The predicted molar refractivity (Wildman–Crippen MR) is 132 cm³/mol. The fourth-order valence-electron chi connectivity index (χ4n) is 3.82. The zero-order valence-electron chi connectivity index (χ0n) is 18.8. The van der Waals surface area contributed by atoms with Crippen LogP contribution in [0.3, 0.4) is 0 Å². The van der Waals surface area contributed by atoms with E-state index in [1.807, 2.05) is 36.4 Å². The number of carbonyl (C=O) groups excluding carboxylic acids is 1. The van der Waals surface area contributed by atoms with Gasteiger partial charge in [0.2, 0.25) is 0 Å². The van der Waals surface area contributed by atoms with Crippen LogP contribution in [0.15, 0.2) is 65.7 Å². The van der Waals surface area contributed by atoms with Gasteiger partial charge >= 0.3 is 5.97 Å². The molecule has 4 rings (SSSR count). The maximum atomic E-state index is 11.7. The van der Waals surface area contributed by atoms with Crippen LogP contribution in [-0.4, -0.2) is 61.9 Å². The van der Waals surface area contributed by atoms with Gasteiger partial charge in [-0.25, -0.2) is 4.98 Å². The van der Waals surface area contributed by atoms with E-state index in [0.717, 1.165) is 48.6 Å². The van der Waals surface area contributed by atoms with Gasteiger partial charge in [-0.3, -0.25) is 4.79 Å². The number of esters is 1. The van der Waals surface area contributed by atoms with Gasteiger partial charge in [0, 0.05) is 43.0 Å². The lowest BCUT2D eigenvalue weighted by Crippen LogP contribution is -2.44. The number of thioether (sulfide) groups is 1. The smallest absolute Gasteiger partial charge is 0.316 e. The molecule has 2 aromatic carbocycles. The zero-order valence-corrected chi connectivity index (χ0v) is 19.6. The highest BCUT2D eigenvalue weighted by atomic mass is 32.2. The number of rotatable bonds is 6. The molecular formula is C26H26N4O2S. The van der Waals surface area contributed by atoms with Gasteiger partial charge < -0.3 is 14.5 Å². The Bertz CT molecular complexity index is 1150. The summed E-state index contributed by atoms with van der Waals surface area (Å²) < 4.78 is 4.77. The van der Waals surface area contributed by atoms with Crippen LogP contribution in [-0.2, 0) is 9.53 Å². The molecular weight excluding hydrogens is 432 g/mol. The molecule has 0 radical (unpaired) electrons. The van der Waals surface area contributed by atoms with Gasteiger partial charge in [-0.1, -0.05) is 54.2 Å². The summed E-state index contributed by atoms with van der Waals surface area (Å²) >= 11 is 1.23. The molecule has 0 spiro atoms. The summed E-state index contributed by atoms with van der Waals surface area (Å²) in [7, 11) is 3.51. The van der Waals surface area contributed by atoms with Crippen molar-refractivity contribution in [3.8, 4) is 28.5 Å². The number of ether oxygens (including phenoxy) is 1. The lowest BCUT2D eigenvalue weighted by molar-refractivity contribution is -0.137. The molecule has 0 aliphatic carbocycles. The molecule has 168 valence electrons. The normalized spacial score (nSPS) is 14.0. The summed E-state index contributed by atoms with van der Waals surface area (Å²) in [6.45, 7) is 4.13. The van der Waals surface area contributed by atoms with Crippen molar-refractivity contribution >= 4 is 23.4 Å². The van der Waals surface area contributed by atoms with Crippen molar-refractivity contribution in [3.63, 3.8) is 0 Å². The van der Waals surface area contributed by atoms with E-state index in [9.17, 15) is 10.1 Å². The van der Waals surface area contributed by atoms with E-state index >= 15 is 0 Å². The average molecular weight is 459 g/mol. The number of nitriles is 1. The molecule has 1 fully saturated rings. The highest BCUT2D eigenvalue weighted by Crippen LogP contribution is 2.34. The van der Waals surface area contributed by atoms with Gasteiger partial charge in [0.05, 0.1) is 24.1 Å². The molecule has 6 nitrogen and oxygen atoms in total. The lowest BCUT2D eigenvalue weighted by Gasteiger charge is -2.34. The first-order valence-electron chi connectivity index (χ1n) is 10.8. The molecule has 0 atom stereocenters. The fourth-order valence-corrected chi connectivity index (χ4v) is 4.66. The second-order valence-corrected chi connectivity index (χ2v) is 8.88. The zero-order chi connectivity index (χ0) is 23.2. The van der Waals surface area contributed by atoms with Crippen LogP contribution in [0.1, 0.15) is 5.56 Å². The second kappa shape index (κ2) is 10.5. The van der Waals surface area contributed by atoms with Crippen LogP contribution in [0.2, 0.25) is 0 Å². The summed E-state index contributed by atoms with van der Waals surface area (Å²) in [6, 6.07) is 22.5. The summed E-state index contributed by atoms with van der Waals surface area (Å²) in [6.07, 6.45) is 0. The van der Waals surface area contributed by atoms with E-state index in [0.29, 0.717) is 10.6 Å². The minimum absolute atomic E-state index is 0.0954. The number of carbonyl (C=O) groups is 1. The van der Waals surface area contributed by atoms with Crippen LogP contribution in [0.25, 0.3) is 22.4 Å². The number of piperazine rings is 1. The van der Waals surface area contributed by atoms with Crippen molar-refractivity contribution in [2.75, 3.05) is 51.0 Å². The molecule has 1 saturated heterocycles. The van der Waals surface area contributed by atoms with Crippen molar-refractivity contribution in [3.05, 3.63) is 66.2 Å². The van der Waals surface area contributed by atoms with Crippen molar-refractivity contribution in [1.82, 2.24) is 9.88 Å². The standard InChI is InChI=1S/C26H26N4O2S/c1-29-12-14-30(15-13-29)21-10-8-20(9-11-21)24-16-22(19-6-4-3-5-7-19)23(17-27)26(28-24)33-18-25(31)32-2/h3-11,16H,12-15,18H2,1-2H3. The SMILES string of the molecule is COC(=O)CSc1nc(-c2ccc(N3CCN(C)CC3)cc2)cc(-c2ccccc2)c1C#N. The number of aromatic nitrogens is 1. The monoisotopic (exact) mass is 458 g/mol. The van der Waals surface area contributed by atoms with Crippen LogP contribution >= 0.6 is 11.8 Å². The van der Waals surface area contributed by atoms with Gasteiger partial charge in [0.25, 0.3) is 0 Å². The Morgan fingerprint density at radius 2 is 1.76 bits per heavy atom. The molecule has 0 amide bonds. The number of nitrogens with zero attached hydrogens (tertiary/aromatic N) is 4. The predicted octanol–water partition coefficient (Wildman–Crippen LogP) is 4.30. The first kappa shape index (κ1) is 22.8. The molecule has 3 aromatic rings. The third-order valence-corrected chi connectivity index (χ3v) is 6.72. The molecule has 2 heterocycles. The first-order valence-corrected chi connectivity index (χ1v) is 11.8. The van der Waals surface area contributed by atoms with Gasteiger partial charge in [0.15, 0.2) is 0 Å². The van der Waals surface area contributed by atoms with Gasteiger partial charge in [-0.05, 0) is 30.8 Å². The summed E-state index contributed by atoms with van der Waals surface area (Å²) in [5.74, 6) is -0.257. The summed E-state index contributed by atoms with van der Waals surface area (Å²) in [5, 5.41) is 10.4. The number of anilines is 1. The van der Waals surface area contributed by atoms with Crippen molar-refractivity contribution < 1.29 is 9.53 Å². The number of hydrogen-bond acceptors (Lipinski definition) is 7. The van der Waals surface area contributed by atoms with E-state index in [-0.39, 0.29) is 11.7 Å². The van der Waals surface area contributed by atoms with Crippen molar-refractivity contribution in [2.24, 2.45) is 0 Å². The Labute approximate surface area is 198 Å². The van der Waals surface area contributed by atoms with E-state index in [1.165, 1.54) is 24.6 Å². The van der Waals surface area contributed by atoms with Gasteiger partial charge in [0.1, 0.15) is 11.1 Å².